The minimum absolute atomic E-state index is 0.645. The van der Waals surface area contributed by atoms with E-state index in [-0.39, 0.29) is 0 Å². The van der Waals surface area contributed by atoms with Crippen LogP contribution in [0.5, 0.6) is 0 Å². The third kappa shape index (κ3) is 3.93. The van der Waals surface area contributed by atoms with Crippen LogP contribution < -0.4 is 10.6 Å². The molecule has 0 radical (unpaired) electrons. The highest BCUT2D eigenvalue weighted by molar-refractivity contribution is 7.80. The molecule has 2 rings (SSSR count). The Morgan fingerprint density at radius 1 is 1.00 bits per heavy atom. The van der Waals surface area contributed by atoms with Crippen LogP contribution in [0.15, 0.2) is 0 Å². The SMILES string of the molecule is S=C(NCCC1CCCC1)NC1CCCC1. The zero-order valence-electron chi connectivity index (χ0n) is 10.1. The predicted molar refractivity (Wildman–Crippen MR) is 72.6 cm³/mol. The van der Waals surface area contributed by atoms with Crippen LogP contribution >= 0.6 is 12.2 Å². The minimum atomic E-state index is 0.645. The van der Waals surface area contributed by atoms with Crippen molar-refractivity contribution in [1.29, 1.82) is 0 Å². The third-order valence-corrected chi connectivity index (χ3v) is 4.27. The van der Waals surface area contributed by atoms with Crippen LogP contribution in [-0.2, 0) is 0 Å². The standard InChI is InChI=1S/C13H24N2S/c16-13(15-12-7-3-4-8-12)14-10-9-11-5-1-2-6-11/h11-12H,1-10H2,(H2,14,15,16). The first kappa shape index (κ1) is 12.2. The van der Waals surface area contributed by atoms with E-state index < -0.39 is 0 Å². The van der Waals surface area contributed by atoms with Gasteiger partial charge in [0.15, 0.2) is 5.11 Å². The Hall–Kier alpha value is -0.310. The lowest BCUT2D eigenvalue weighted by atomic mass is 10.0. The predicted octanol–water partition coefficient (Wildman–Crippen LogP) is 2.97. The summed E-state index contributed by atoms with van der Waals surface area (Å²) in [4.78, 5) is 0. The van der Waals surface area contributed by atoms with E-state index in [0.29, 0.717) is 6.04 Å². The van der Waals surface area contributed by atoms with Gasteiger partial charge in [0.1, 0.15) is 0 Å². The van der Waals surface area contributed by atoms with Crippen molar-refractivity contribution in [2.45, 2.75) is 63.8 Å². The van der Waals surface area contributed by atoms with Crippen molar-refractivity contribution in [1.82, 2.24) is 10.6 Å². The molecule has 2 saturated carbocycles. The van der Waals surface area contributed by atoms with Crippen LogP contribution in [0, 0.1) is 5.92 Å². The lowest BCUT2D eigenvalue weighted by molar-refractivity contribution is 0.497. The number of hydrogen-bond acceptors (Lipinski definition) is 1. The Balaban J connectivity index is 1.52. The molecule has 0 aromatic rings. The minimum Gasteiger partial charge on any atom is -0.363 e. The van der Waals surface area contributed by atoms with Gasteiger partial charge in [-0.25, -0.2) is 0 Å². The van der Waals surface area contributed by atoms with E-state index >= 15 is 0 Å². The first-order valence-corrected chi connectivity index (χ1v) is 7.30. The summed E-state index contributed by atoms with van der Waals surface area (Å²) in [6.07, 6.45) is 12.4. The average Bonchev–Trinajstić information content (AvgIpc) is 2.90. The maximum absolute atomic E-state index is 5.31. The van der Waals surface area contributed by atoms with Crippen LogP contribution in [0.25, 0.3) is 0 Å². The molecule has 2 aliphatic carbocycles. The van der Waals surface area contributed by atoms with Gasteiger partial charge < -0.3 is 10.6 Å². The summed E-state index contributed by atoms with van der Waals surface area (Å²) >= 11 is 5.31. The van der Waals surface area contributed by atoms with Crippen molar-refractivity contribution < 1.29 is 0 Å². The lowest BCUT2D eigenvalue weighted by Crippen LogP contribution is -2.41. The molecule has 2 nitrogen and oxygen atoms in total. The fourth-order valence-electron chi connectivity index (χ4n) is 3.00. The van der Waals surface area contributed by atoms with Gasteiger partial charge in [-0.05, 0) is 37.4 Å². The largest absolute Gasteiger partial charge is 0.363 e. The summed E-state index contributed by atoms with van der Waals surface area (Å²) in [5.41, 5.74) is 0. The molecule has 2 aliphatic rings. The second-order valence-corrected chi connectivity index (χ2v) is 5.73. The van der Waals surface area contributed by atoms with Gasteiger partial charge in [0, 0.05) is 12.6 Å². The Morgan fingerprint density at radius 2 is 1.62 bits per heavy atom. The molecule has 0 saturated heterocycles. The van der Waals surface area contributed by atoms with Crippen LogP contribution in [0.3, 0.4) is 0 Å². The summed E-state index contributed by atoms with van der Waals surface area (Å²) in [5, 5.41) is 7.66. The summed E-state index contributed by atoms with van der Waals surface area (Å²) in [7, 11) is 0. The van der Waals surface area contributed by atoms with Gasteiger partial charge in [-0.2, -0.15) is 0 Å². The Bertz CT molecular complexity index is 218. The van der Waals surface area contributed by atoms with E-state index in [2.05, 4.69) is 10.6 Å². The zero-order valence-corrected chi connectivity index (χ0v) is 11.0. The van der Waals surface area contributed by atoms with Gasteiger partial charge in [0.2, 0.25) is 0 Å². The molecular formula is C13H24N2S. The van der Waals surface area contributed by atoms with E-state index in [1.54, 1.807) is 0 Å². The molecule has 0 aliphatic heterocycles. The van der Waals surface area contributed by atoms with Crippen molar-refractivity contribution in [2.75, 3.05) is 6.54 Å². The van der Waals surface area contributed by atoms with E-state index in [0.717, 1.165) is 17.6 Å². The Kier molecular flexibility index (Phi) is 4.89. The smallest absolute Gasteiger partial charge is 0.166 e. The summed E-state index contributed by atoms with van der Waals surface area (Å²) in [5.74, 6) is 0.960. The monoisotopic (exact) mass is 240 g/mol. The molecule has 2 fully saturated rings. The second kappa shape index (κ2) is 6.43. The maximum atomic E-state index is 5.31. The molecule has 0 spiro atoms. The fourth-order valence-corrected chi connectivity index (χ4v) is 3.26. The Morgan fingerprint density at radius 3 is 2.31 bits per heavy atom. The highest BCUT2D eigenvalue weighted by Gasteiger charge is 2.16. The number of nitrogens with one attached hydrogen (secondary N) is 2. The van der Waals surface area contributed by atoms with Gasteiger partial charge in [-0.15, -0.1) is 0 Å². The summed E-state index contributed by atoms with van der Waals surface area (Å²) in [6, 6.07) is 0.645. The van der Waals surface area contributed by atoms with Crippen molar-refractivity contribution in [3.63, 3.8) is 0 Å². The highest BCUT2D eigenvalue weighted by Crippen LogP contribution is 2.26. The number of rotatable bonds is 4. The average molecular weight is 240 g/mol. The van der Waals surface area contributed by atoms with E-state index in [1.165, 1.54) is 57.8 Å². The van der Waals surface area contributed by atoms with Crippen molar-refractivity contribution in [3.8, 4) is 0 Å². The number of thiocarbonyl (C=S) groups is 1. The van der Waals surface area contributed by atoms with Crippen LogP contribution in [0.4, 0.5) is 0 Å². The second-order valence-electron chi connectivity index (χ2n) is 5.32. The zero-order chi connectivity index (χ0) is 11.2. The van der Waals surface area contributed by atoms with E-state index in [1.807, 2.05) is 0 Å². The quantitative estimate of drug-likeness (QED) is 0.739. The first-order valence-electron chi connectivity index (χ1n) is 6.89. The topological polar surface area (TPSA) is 24.1 Å². The molecule has 0 aromatic heterocycles. The van der Waals surface area contributed by atoms with Gasteiger partial charge in [-0.3, -0.25) is 0 Å². The Labute approximate surface area is 105 Å². The summed E-state index contributed by atoms with van der Waals surface area (Å²) in [6.45, 7) is 1.06. The molecule has 0 unspecified atom stereocenters. The molecule has 92 valence electrons. The van der Waals surface area contributed by atoms with Crippen LogP contribution in [-0.4, -0.2) is 17.7 Å². The van der Waals surface area contributed by atoms with Crippen molar-refractivity contribution in [2.24, 2.45) is 5.92 Å². The summed E-state index contributed by atoms with van der Waals surface area (Å²) < 4.78 is 0. The van der Waals surface area contributed by atoms with Gasteiger partial charge in [0.05, 0.1) is 0 Å². The van der Waals surface area contributed by atoms with Crippen molar-refractivity contribution >= 4 is 17.3 Å². The molecular weight excluding hydrogens is 216 g/mol. The molecule has 3 heteroatoms. The fraction of sp³-hybridized carbons (Fsp3) is 0.923. The lowest BCUT2D eigenvalue weighted by Gasteiger charge is -2.16. The first-order chi connectivity index (χ1) is 7.84. The van der Waals surface area contributed by atoms with E-state index in [4.69, 9.17) is 12.2 Å². The molecule has 0 aromatic carbocycles. The third-order valence-electron chi connectivity index (χ3n) is 4.00. The van der Waals surface area contributed by atoms with E-state index in [9.17, 15) is 0 Å². The molecule has 0 atom stereocenters. The van der Waals surface area contributed by atoms with Crippen molar-refractivity contribution in [3.05, 3.63) is 0 Å². The molecule has 2 N–H and O–H groups in total. The van der Waals surface area contributed by atoms with Gasteiger partial charge in [-0.1, -0.05) is 38.5 Å². The normalized spacial score (nSPS) is 22.5. The molecule has 0 heterocycles. The number of hydrogen-bond donors (Lipinski definition) is 2. The van der Waals surface area contributed by atoms with Crippen LogP contribution in [0.1, 0.15) is 57.8 Å². The van der Waals surface area contributed by atoms with Gasteiger partial charge >= 0.3 is 0 Å². The van der Waals surface area contributed by atoms with Crippen LogP contribution in [0.2, 0.25) is 0 Å². The molecule has 0 bridgehead atoms. The highest BCUT2D eigenvalue weighted by atomic mass is 32.1. The maximum Gasteiger partial charge on any atom is 0.166 e. The van der Waals surface area contributed by atoms with Gasteiger partial charge in [0.25, 0.3) is 0 Å². The molecule has 16 heavy (non-hydrogen) atoms. The molecule has 0 amide bonds.